The molecule has 7 nitrogen and oxygen atoms in total. The summed E-state index contributed by atoms with van der Waals surface area (Å²) in [5, 5.41) is 26.4. The monoisotopic (exact) mass is 493 g/mol. The number of hydrogen-bond acceptors (Lipinski definition) is 6. The van der Waals surface area contributed by atoms with Crippen LogP contribution in [0.5, 0.6) is 0 Å². The molecular formula is C23H57N4O3Si2+. The molecule has 0 heterocycles. The minimum Gasteiger partial charge on any atom is -0.455 e. The number of aliphatic hydroxyl groups excluding tert-OH is 2. The Labute approximate surface area is 201 Å². The minimum absolute atomic E-state index is 0.122. The van der Waals surface area contributed by atoms with E-state index in [1.165, 1.54) is 0 Å². The van der Waals surface area contributed by atoms with E-state index in [-0.39, 0.29) is 25.3 Å². The van der Waals surface area contributed by atoms with Crippen LogP contribution in [0.1, 0.15) is 13.8 Å². The van der Waals surface area contributed by atoms with Gasteiger partial charge in [-0.25, -0.2) is 0 Å². The zero-order valence-corrected chi connectivity index (χ0v) is 25.2. The summed E-state index contributed by atoms with van der Waals surface area (Å²) in [6.45, 7) is 17.9. The van der Waals surface area contributed by atoms with Crippen LogP contribution in [0.4, 0.5) is 0 Å². The zero-order valence-electron chi connectivity index (χ0n) is 23.2. The first kappa shape index (κ1) is 32.2. The molecule has 9 heteroatoms. The number of nitrogens with one attached hydrogen (secondary N) is 2. The van der Waals surface area contributed by atoms with Gasteiger partial charge < -0.3 is 34.3 Å². The van der Waals surface area contributed by atoms with Crippen LogP contribution in [-0.2, 0) is 4.12 Å². The molecule has 0 aliphatic rings. The fraction of sp³-hybridized carbons (Fsp3) is 1.00. The van der Waals surface area contributed by atoms with E-state index in [1.54, 1.807) is 0 Å². The molecule has 0 aromatic carbocycles. The smallest absolute Gasteiger partial charge is 0.173 e. The number of nitrogens with zero attached hydrogens (tertiary/aromatic N) is 2. The lowest BCUT2D eigenvalue weighted by molar-refractivity contribution is -0.871. The van der Waals surface area contributed by atoms with Gasteiger partial charge in [0.25, 0.3) is 0 Å². The van der Waals surface area contributed by atoms with Crippen molar-refractivity contribution >= 4 is 16.6 Å². The summed E-state index contributed by atoms with van der Waals surface area (Å²) in [5.74, 6) is 1.05. The molecule has 0 aliphatic carbocycles. The molecule has 0 radical (unpaired) electrons. The van der Waals surface area contributed by atoms with Gasteiger partial charge in [-0.15, -0.1) is 0 Å². The molecule has 0 saturated carbocycles. The highest BCUT2D eigenvalue weighted by atomic mass is 28.4. The second kappa shape index (κ2) is 14.5. The molecule has 4 unspecified atom stereocenters. The highest BCUT2D eigenvalue weighted by molar-refractivity contribution is 6.84. The van der Waals surface area contributed by atoms with Gasteiger partial charge in [0.15, 0.2) is 16.6 Å². The van der Waals surface area contributed by atoms with Crippen molar-refractivity contribution in [2.24, 2.45) is 11.8 Å². The number of aliphatic hydroxyl groups is 2. The Morgan fingerprint density at radius 1 is 0.812 bits per heavy atom. The van der Waals surface area contributed by atoms with Crippen LogP contribution in [0.3, 0.4) is 0 Å². The standard InChI is InChI=1S/C23H57N4O3Si2/c1-20(12-24-22(16-28)14-26(3)4)18-31(8,9)30-32(10,11)19-21(2)13-25-23(17-29)15-27(5,6)7/h20-25,28-29H,12-19H2,1-11H3/q+1. The van der Waals surface area contributed by atoms with Crippen LogP contribution in [0.25, 0.3) is 0 Å². The average Bonchev–Trinajstić information content (AvgIpc) is 2.58. The summed E-state index contributed by atoms with van der Waals surface area (Å²) in [6, 6.07) is 2.51. The van der Waals surface area contributed by atoms with Crippen molar-refractivity contribution in [3.63, 3.8) is 0 Å². The van der Waals surface area contributed by atoms with Gasteiger partial charge in [-0.2, -0.15) is 0 Å². The zero-order chi connectivity index (χ0) is 25.2. The maximum absolute atomic E-state index is 9.70. The van der Waals surface area contributed by atoms with Crippen molar-refractivity contribution in [2.45, 2.75) is 64.2 Å². The van der Waals surface area contributed by atoms with E-state index in [9.17, 15) is 10.2 Å². The molecule has 0 saturated heterocycles. The van der Waals surface area contributed by atoms with Gasteiger partial charge in [-0.05, 0) is 77.3 Å². The Hall–Kier alpha value is 0.154. The van der Waals surface area contributed by atoms with Crippen LogP contribution in [0.2, 0.25) is 38.3 Å². The molecule has 0 aliphatic heterocycles. The second-order valence-electron chi connectivity index (χ2n) is 12.6. The van der Waals surface area contributed by atoms with Crippen LogP contribution < -0.4 is 10.6 Å². The molecule has 0 aromatic rings. The van der Waals surface area contributed by atoms with Gasteiger partial charge in [0.2, 0.25) is 0 Å². The first-order valence-electron chi connectivity index (χ1n) is 12.3. The molecule has 0 bridgehead atoms. The molecule has 0 fully saturated rings. The number of rotatable bonds is 18. The number of quaternary nitrogens is 1. The molecule has 0 spiro atoms. The minimum atomic E-state index is -1.78. The normalized spacial score (nSPS) is 17.4. The van der Waals surface area contributed by atoms with E-state index in [0.717, 1.165) is 42.8 Å². The quantitative estimate of drug-likeness (QED) is 0.172. The van der Waals surface area contributed by atoms with E-state index < -0.39 is 16.6 Å². The Morgan fingerprint density at radius 2 is 1.22 bits per heavy atom. The average molecular weight is 494 g/mol. The Kier molecular flexibility index (Phi) is 14.6. The van der Waals surface area contributed by atoms with E-state index in [2.05, 4.69) is 76.7 Å². The van der Waals surface area contributed by atoms with E-state index in [4.69, 9.17) is 4.12 Å². The highest BCUT2D eigenvalue weighted by Crippen LogP contribution is 2.27. The van der Waals surface area contributed by atoms with Gasteiger partial charge in [0.1, 0.15) is 0 Å². The summed E-state index contributed by atoms with van der Waals surface area (Å²) in [6.07, 6.45) is 0. The van der Waals surface area contributed by atoms with Crippen LogP contribution >= 0.6 is 0 Å². The van der Waals surface area contributed by atoms with Crippen LogP contribution in [0, 0.1) is 11.8 Å². The Bertz CT molecular complexity index is 502. The van der Waals surface area contributed by atoms with Gasteiger partial charge >= 0.3 is 0 Å². The van der Waals surface area contributed by atoms with Crippen molar-refractivity contribution in [3.8, 4) is 0 Å². The summed E-state index contributed by atoms with van der Waals surface area (Å²) in [4.78, 5) is 2.11. The van der Waals surface area contributed by atoms with Crippen molar-refractivity contribution < 1.29 is 18.8 Å². The predicted octanol–water partition coefficient (Wildman–Crippen LogP) is 1.85. The molecular weight excluding hydrogens is 436 g/mol. The third-order valence-corrected chi connectivity index (χ3v) is 13.3. The number of hydrogen-bond donors (Lipinski definition) is 4. The lowest BCUT2D eigenvalue weighted by Crippen LogP contribution is -2.51. The lowest BCUT2D eigenvalue weighted by Gasteiger charge is -2.37. The molecule has 194 valence electrons. The lowest BCUT2D eigenvalue weighted by atomic mass is 10.2. The molecule has 0 aromatic heterocycles. The third kappa shape index (κ3) is 16.7. The maximum Gasteiger partial charge on any atom is 0.173 e. The fourth-order valence-electron chi connectivity index (χ4n) is 4.87. The van der Waals surface area contributed by atoms with Gasteiger partial charge in [0, 0.05) is 12.6 Å². The highest BCUT2D eigenvalue weighted by Gasteiger charge is 2.35. The second-order valence-corrected chi connectivity index (χ2v) is 21.2. The Balaban J connectivity index is 4.58. The molecule has 4 N–H and O–H groups in total. The molecule has 0 amide bonds. The Morgan fingerprint density at radius 3 is 1.56 bits per heavy atom. The first-order chi connectivity index (χ1) is 14.5. The van der Waals surface area contributed by atoms with Crippen molar-refractivity contribution in [1.29, 1.82) is 0 Å². The van der Waals surface area contributed by atoms with Gasteiger partial charge in [-0.3, -0.25) is 0 Å². The fourth-order valence-corrected chi connectivity index (χ4v) is 15.2. The SMILES string of the molecule is CC(CNC(CO)CN(C)C)C[Si](C)(C)O[Si](C)(C)CC(C)CNC(CO)C[N+](C)(C)C. The third-order valence-electron chi connectivity index (χ3n) is 5.54. The van der Waals surface area contributed by atoms with Crippen molar-refractivity contribution in [3.05, 3.63) is 0 Å². The van der Waals surface area contributed by atoms with Crippen molar-refractivity contribution in [1.82, 2.24) is 15.5 Å². The maximum atomic E-state index is 9.70. The molecule has 4 atom stereocenters. The van der Waals surface area contributed by atoms with E-state index in [0.29, 0.717) is 11.8 Å². The van der Waals surface area contributed by atoms with Gasteiger partial charge in [-0.1, -0.05) is 13.8 Å². The summed E-state index contributed by atoms with van der Waals surface area (Å²) in [5.41, 5.74) is 0. The largest absolute Gasteiger partial charge is 0.455 e. The summed E-state index contributed by atoms with van der Waals surface area (Å²) in [7, 11) is 6.99. The first-order valence-corrected chi connectivity index (χ1v) is 18.6. The summed E-state index contributed by atoms with van der Waals surface area (Å²) >= 11 is 0. The molecule has 0 rings (SSSR count). The molecule has 32 heavy (non-hydrogen) atoms. The van der Waals surface area contributed by atoms with Crippen LogP contribution in [-0.4, -0.2) is 123 Å². The number of likely N-dealkylation sites (N-methyl/N-ethyl adjacent to an activating group) is 2. The van der Waals surface area contributed by atoms with E-state index in [1.807, 2.05) is 14.1 Å². The predicted molar refractivity (Wildman–Crippen MR) is 143 cm³/mol. The van der Waals surface area contributed by atoms with Gasteiger partial charge in [0.05, 0.1) is 46.9 Å². The summed E-state index contributed by atoms with van der Waals surface area (Å²) < 4.78 is 7.73. The van der Waals surface area contributed by atoms with Crippen molar-refractivity contribution in [2.75, 3.05) is 74.6 Å². The van der Waals surface area contributed by atoms with E-state index >= 15 is 0 Å². The van der Waals surface area contributed by atoms with Crippen LogP contribution in [0.15, 0.2) is 0 Å². The topological polar surface area (TPSA) is 77.0 Å².